The Bertz CT molecular complexity index is 1420. The Morgan fingerprint density at radius 2 is 1.86 bits per heavy atom. The van der Waals surface area contributed by atoms with E-state index in [-0.39, 0.29) is 17.6 Å². The zero-order valence-electron chi connectivity index (χ0n) is 22.1. The highest BCUT2D eigenvalue weighted by Gasteiger charge is 2.22. The van der Waals surface area contributed by atoms with Gasteiger partial charge in [0.15, 0.2) is 5.78 Å². The first-order chi connectivity index (χ1) is 17.7. The fourth-order valence-electron chi connectivity index (χ4n) is 4.46. The van der Waals surface area contributed by atoms with E-state index in [1.807, 2.05) is 50.6 Å². The normalized spacial score (nSPS) is 14.2. The summed E-state index contributed by atoms with van der Waals surface area (Å²) in [6.07, 6.45) is 5.87. The summed E-state index contributed by atoms with van der Waals surface area (Å²) >= 11 is 0. The fraction of sp³-hybridized carbons (Fsp3) is 0.393. The maximum Gasteiger partial charge on any atom is 0.185 e. The number of morpholine rings is 1. The number of ether oxygens (including phenoxy) is 1. The fourth-order valence-corrected chi connectivity index (χ4v) is 4.46. The molecule has 0 amide bonds. The van der Waals surface area contributed by atoms with E-state index in [9.17, 15) is 4.79 Å². The van der Waals surface area contributed by atoms with Gasteiger partial charge in [0, 0.05) is 43.7 Å². The van der Waals surface area contributed by atoms with Gasteiger partial charge < -0.3 is 9.64 Å². The summed E-state index contributed by atoms with van der Waals surface area (Å²) in [5.74, 6) is 0.0329. The molecular weight excluding hydrogens is 466 g/mol. The molecule has 0 unspecified atom stereocenters. The lowest BCUT2D eigenvalue weighted by Gasteiger charge is -2.28. The second-order valence-corrected chi connectivity index (χ2v) is 10.6. The van der Waals surface area contributed by atoms with Crippen LogP contribution in [0.5, 0.6) is 0 Å². The van der Waals surface area contributed by atoms with Crippen LogP contribution >= 0.6 is 0 Å². The molecular formula is C28H33N7O2. The number of benzene rings is 1. The van der Waals surface area contributed by atoms with Crippen LogP contribution in [-0.4, -0.2) is 61.8 Å². The molecule has 0 atom stereocenters. The highest BCUT2D eigenvalue weighted by molar-refractivity contribution is 5.96. The molecule has 4 aromatic rings. The lowest BCUT2D eigenvalue weighted by atomic mass is 9.92. The second-order valence-electron chi connectivity index (χ2n) is 10.6. The van der Waals surface area contributed by atoms with Gasteiger partial charge in [0.05, 0.1) is 42.7 Å². The van der Waals surface area contributed by atoms with Crippen LogP contribution in [0.15, 0.2) is 48.9 Å². The third-order valence-electron chi connectivity index (χ3n) is 6.71. The Hall–Kier alpha value is -3.85. The van der Waals surface area contributed by atoms with E-state index in [2.05, 4.69) is 52.1 Å². The molecule has 37 heavy (non-hydrogen) atoms. The van der Waals surface area contributed by atoms with Crippen molar-refractivity contribution in [1.29, 1.82) is 0 Å². The van der Waals surface area contributed by atoms with Crippen LogP contribution < -0.4 is 4.90 Å². The third kappa shape index (κ3) is 5.32. The summed E-state index contributed by atoms with van der Waals surface area (Å²) in [5.41, 5.74) is 6.96. The molecule has 9 heteroatoms. The van der Waals surface area contributed by atoms with Gasteiger partial charge in [-0.15, -0.1) is 5.10 Å². The number of nitrogens with zero attached hydrogens (tertiary/aromatic N) is 7. The molecule has 4 heterocycles. The molecule has 3 aromatic heterocycles. The van der Waals surface area contributed by atoms with Gasteiger partial charge in [-0.05, 0) is 36.2 Å². The maximum atomic E-state index is 13.1. The van der Waals surface area contributed by atoms with E-state index >= 15 is 0 Å². The van der Waals surface area contributed by atoms with Crippen LogP contribution in [0, 0.1) is 6.92 Å². The van der Waals surface area contributed by atoms with Crippen molar-refractivity contribution in [2.24, 2.45) is 7.05 Å². The molecule has 0 saturated carbocycles. The number of pyridine rings is 1. The van der Waals surface area contributed by atoms with E-state index in [4.69, 9.17) is 4.74 Å². The zero-order chi connectivity index (χ0) is 26.2. The number of aromatic nitrogens is 6. The molecule has 0 aliphatic carbocycles. The van der Waals surface area contributed by atoms with Gasteiger partial charge in [-0.3, -0.25) is 14.5 Å². The molecule has 0 bridgehead atoms. The van der Waals surface area contributed by atoms with Crippen molar-refractivity contribution < 1.29 is 9.53 Å². The number of ketones is 1. The van der Waals surface area contributed by atoms with Gasteiger partial charge in [-0.2, -0.15) is 5.10 Å². The largest absolute Gasteiger partial charge is 0.378 e. The number of aryl methyl sites for hydroxylation is 2. The second kappa shape index (κ2) is 9.89. The molecule has 5 rings (SSSR count). The van der Waals surface area contributed by atoms with Crippen LogP contribution in [0.3, 0.4) is 0 Å². The first-order valence-electron chi connectivity index (χ1n) is 12.6. The predicted molar refractivity (Wildman–Crippen MR) is 142 cm³/mol. The number of rotatable bonds is 6. The maximum absolute atomic E-state index is 13.1. The molecule has 1 saturated heterocycles. The lowest BCUT2D eigenvalue weighted by molar-refractivity contribution is 0.0984. The molecule has 1 aliphatic heterocycles. The average molecular weight is 500 g/mol. The summed E-state index contributed by atoms with van der Waals surface area (Å²) in [7, 11) is 1.82. The van der Waals surface area contributed by atoms with Crippen molar-refractivity contribution in [3.8, 4) is 16.9 Å². The van der Waals surface area contributed by atoms with Crippen LogP contribution in [0.2, 0.25) is 0 Å². The molecule has 1 fully saturated rings. The van der Waals surface area contributed by atoms with Crippen LogP contribution in [0.25, 0.3) is 16.9 Å². The summed E-state index contributed by atoms with van der Waals surface area (Å²) in [4.78, 5) is 19.8. The van der Waals surface area contributed by atoms with E-state index < -0.39 is 0 Å². The number of carbonyl (C=O) groups excluding carboxylic acids is 1. The Labute approximate surface area is 217 Å². The predicted octanol–water partition coefficient (Wildman–Crippen LogP) is 3.93. The first-order valence-corrected chi connectivity index (χ1v) is 12.6. The highest BCUT2D eigenvalue weighted by Crippen LogP contribution is 2.25. The van der Waals surface area contributed by atoms with Crippen LogP contribution in [0.1, 0.15) is 48.1 Å². The third-order valence-corrected chi connectivity index (χ3v) is 6.71. The molecule has 9 nitrogen and oxygen atoms in total. The highest BCUT2D eigenvalue weighted by atomic mass is 16.5. The standard InChI is InChI=1S/C28H33N7O2/c1-19-6-7-20(13-26(36)25-15-27(28(2,3)4)31-33(25)5)12-24(19)35-18-23(30-32-35)21-14-22(17-29-16-21)34-8-10-37-11-9-34/h6-7,12,14-18H,8-11,13H2,1-5H3. The van der Waals surface area contributed by atoms with Crippen molar-refractivity contribution in [1.82, 2.24) is 29.8 Å². The van der Waals surface area contributed by atoms with E-state index in [1.165, 1.54) is 0 Å². The zero-order valence-corrected chi connectivity index (χ0v) is 22.1. The number of hydrogen-bond donors (Lipinski definition) is 0. The van der Waals surface area contributed by atoms with Gasteiger partial charge in [-0.25, -0.2) is 4.68 Å². The van der Waals surface area contributed by atoms with Crippen molar-refractivity contribution in [2.75, 3.05) is 31.2 Å². The summed E-state index contributed by atoms with van der Waals surface area (Å²) < 4.78 is 8.91. The van der Waals surface area contributed by atoms with Crippen molar-refractivity contribution in [3.63, 3.8) is 0 Å². The Kier molecular flexibility index (Phi) is 6.64. The SMILES string of the molecule is Cc1ccc(CC(=O)c2cc(C(C)(C)C)nn2C)cc1-n1cc(-c2cncc(N3CCOCC3)c2)nn1. The minimum absolute atomic E-state index is 0.0329. The summed E-state index contributed by atoms with van der Waals surface area (Å²) in [6.45, 7) is 11.4. The van der Waals surface area contributed by atoms with Crippen molar-refractivity contribution in [3.05, 3.63) is 71.4 Å². The average Bonchev–Trinajstić information content (AvgIpc) is 3.53. The molecule has 0 spiro atoms. The van der Waals surface area contributed by atoms with Crippen LogP contribution in [0.4, 0.5) is 5.69 Å². The Morgan fingerprint density at radius 3 is 2.59 bits per heavy atom. The van der Waals surface area contributed by atoms with Gasteiger partial charge >= 0.3 is 0 Å². The van der Waals surface area contributed by atoms with Crippen LogP contribution in [-0.2, 0) is 23.6 Å². The number of Topliss-reactive ketones (excluding diaryl/α,β-unsaturated/α-hetero) is 1. The van der Waals surface area contributed by atoms with Gasteiger partial charge in [0.1, 0.15) is 11.4 Å². The van der Waals surface area contributed by atoms with Crippen molar-refractivity contribution in [2.45, 2.75) is 39.5 Å². The van der Waals surface area contributed by atoms with Gasteiger partial charge in [0.2, 0.25) is 0 Å². The van der Waals surface area contributed by atoms with E-state index in [0.717, 1.165) is 65.8 Å². The number of anilines is 1. The molecule has 0 radical (unpaired) electrons. The first kappa shape index (κ1) is 24.8. The molecule has 192 valence electrons. The monoisotopic (exact) mass is 499 g/mol. The summed E-state index contributed by atoms with van der Waals surface area (Å²) in [5, 5.41) is 13.4. The molecule has 1 aromatic carbocycles. The molecule has 1 aliphatic rings. The summed E-state index contributed by atoms with van der Waals surface area (Å²) in [6, 6.07) is 10.0. The number of hydrogen-bond acceptors (Lipinski definition) is 7. The minimum Gasteiger partial charge on any atom is -0.378 e. The minimum atomic E-state index is -0.116. The van der Waals surface area contributed by atoms with Crippen molar-refractivity contribution >= 4 is 11.5 Å². The Morgan fingerprint density at radius 1 is 1.08 bits per heavy atom. The quantitative estimate of drug-likeness (QED) is 0.371. The topological polar surface area (TPSA) is 91.0 Å². The van der Waals surface area contributed by atoms with Gasteiger partial charge in [-0.1, -0.05) is 38.1 Å². The van der Waals surface area contributed by atoms with Gasteiger partial charge in [0.25, 0.3) is 0 Å². The molecule has 0 N–H and O–H groups in total. The number of carbonyl (C=O) groups is 1. The van der Waals surface area contributed by atoms with E-state index in [0.29, 0.717) is 5.69 Å². The van der Waals surface area contributed by atoms with E-state index in [1.54, 1.807) is 15.6 Å². The Balaban J connectivity index is 1.37. The lowest BCUT2D eigenvalue weighted by Crippen LogP contribution is -2.36. The smallest absolute Gasteiger partial charge is 0.185 e.